The predicted octanol–water partition coefficient (Wildman–Crippen LogP) is 2.18. The van der Waals surface area contributed by atoms with Gasteiger partial charge < -0.3 is 5.73 Å². The average Bonchev–Trinajstić information content (AvgIpc) is 2.03. The summed E-state index contributed by atoms with van der Waals surface area (Å²) in [6, 6.07) is 1.35. The molecule has 1 rings (SSSR count). The molecule has 2 N–H and O–H groups in total. The molecule has 3 heteroatoms. The van der Waals surface area contributed by atoms with Crippen LogP contribution in [0.4, 0.5) is 4.39 Å². The minimum absolute atomic E-state index is 0.0619. The Morgan fingerprint density at radius 2 is 2.08 bits per heavy atom. The molecule has 0 saturated heterocycles. The van der Waals surface area contributed by atoms with E-state index in [0.717, 1.165) is 11.1 Å². The number of hydrogen-bond acceptors (Lipinski definition) is 2. The third kappa shape index (κ3) is 2.25. The molecule has 0 aliphatic rings. The van der Waals surface area contributed by atoms with Crippen molar-refractivity contribution in [3.05, 3.63) is 29.3 Å². The third-order valence-electron chi connectivity index (χ3n) is 2.20. The van der Waals surface area contributed by atoms with Crippen molar-refractivity contribution >= 4 is 0 Å². The Morgan fingerprint density at radius 3 is 2.54 bits per heavy atom. The summed E-state index contributed by atoms with van der Waals surface area (Å²) in [7, 11) is 0. The molecule has 1 atom stereocenters. The first-order valence-electron chi connectivity index (χ1n) is 4.40. The minimum atomic E-state index is -0.447. The van der Waals surface area contributed by atoms with Crippen molar-refractivity contribution in [1.29, 1.82) is 0 Å². The van der Waals surface area contributed by atoms with E-state index in [0.29, 0.717) is 5.92 Å². The molecule has 0 saturated carbocycles. The van der Waals surface area contributed by atoms with Gasteiger partial charge in [0.1, 0.15) is 0 Å². The Balaban J connectivity index is 3.01. The van der Waals surface area contributed by atoms with Crippen molar-refractivity contribution in [3.63, 3.8) is 0 Å². The monoisotopic (exact) mass is 182 g/mol. The first-order valence-corrected chi connectivity index (χ1v) is 4.40. The molecule has 2 nitrogen and oxygen atoms in total. The van der Waals surface area contributed by atoms with Gasteiger partial charge in [-0.3, -0.25) is 0 Å². The highest BCUT2D eigenvalue weighted by atomic mass is 19.1. The van der Waals surface area contributed by atoms with Crippen molar-refractivity contribution < 1.29 is 4.39 Å². The molecule has 0 aliphatic carbocycles. The van der Waals surface area contributed by atoms with Crippen LogP contribution < -0.4 is 5.73 Å². The second-order valence-electron chi connectivity index (χ2n) is 3.63. The zero-order valence-electron chi connectivity index (χ0n) is 8.21. The smallest absolute Gasteiger partial charge is 0.213 e. The molecule has 13 heavy (non-hydrogen) atoms. The number of rotatable bonds is 2. The van der Waals surface area contributed by atoms with E-state index < -0.39 is 5.95 Å². The third-order valence-corrected chi connectivity index (χ3v) is 2.20. The topological polar surface area (TPSA) is 38.9 Å². The van der Waals surface area contributed by atoms with Crippen LogP contribution in [0.2, 0.25) is 0 Å². The highest BCUT2D eigenvalue weighted by molar-refractivity contribution is 5.25. The van der Waals surface area contributed by atoms with Crippen LogP contribution in [0.1, 0.15) is 31.0 Å². The summed E-state index contributed by atoms with van der Waals surface area (Å²) in [5.41, 5.74) is 7.72. The van der Waals surface area contributed by atoms with Gasteiger partial charge in [0.15, 0.2) is 0 Å². The lowest BCUT2D eigenvalue weighted by molar-refractivity contribution is 0.505. The molecule has 0 bridgehead atoms. The summed E-state index contributed by atoms with van der Waals surface area (Å²) in [4.78, 5) is 3.60. The fraction of sp³-hybridized carbons (Fsp3) is 0.500. The van der Waals surface area contributed by atoms with Crippen LogP contribution in [0.3, 0.4) is 0 Å². The van der Waals surface area contributed by atoms with E-state index in [1.165, 1.54) is 12.3 Å². The van der Waals surface area contributed by atoms with Crippen LogP contribution in [-0.4, -0.2) is 4.98 Å². The van der Waals surface area contributed by atoms with Crippen LogP contribution in [0.15, 0.2) is 12.3 Å². The molecule has 1 heterocycles. The summed E-state index contributed by atoms with van der Waals surface area (Å²) in [6.45, 7) is 5.92. The maximum absolute atomic E-state index is 12.7. The van der Waals surface area contributed by atoms with E-state index in [2.05, 4.69) is 4.98 Å². The van der Waals surface area contributed by atoms with Gasteiger partial charge in [-0.25, -0.2) is 4.98 Å². The quantitative estimate of drug-likeness (QED) is 0.712. The molecular formula is C10H15FN2. The van der Waals surface area contributed by atoms with E-state index in [1.807, 2.05) is 20.8 Å². The largest absolute Gasteiger partial charge is 0.324 e. The summed E-state index contributed by atoms with van der Waals surface area (Å²) >= 11 is 0. The second kappa shape index (κ2) is 3.83. The summed E-state index contributed by atoms with van der Waals surface area (Å²) < 4.78 is 12.7. The lowest BCUT2D eigenvalue weighted by Crippen LogP contribution is -2.18. The van der Waals surface area contributed by atoms with Crippen LogP contribution in [-0.2, 0) is 0 Å². The Morgan fingerprint density at radius 1 is 1.46 bits per heavy atom. The molecular weight excluding hydrogens is 167 g/mol. The van der Waals surface area contributed by atoms with Gasteiger partial charge >= 0.3 is 0 Å². The number of aryl methyl sites for hydroxylation is 1. The van der Waals surface area contributed by atoms with Crippen LogP contribution in [0.5, 0.6) is 0 Å². The molecule has 0 amide bonds. The van der Waals surface area contributed by atoms with Crippen molar-refractivity contribution in [2.75, 3.05) is 0 Å². The van der Waals surface area contributed by atoms with Crippen LogP contribution in [0.25, 0.3) is 0 Å². The van der Waals surface area contributed by atoms with E-state index in [-0.39, 0.29) is 6.04 Å². The van der Waals surface area contributed by atoms with Gasteiger partial charge in [-0.15, -0.1) is 0 Å². The predicted molar refractivity (Wildman–Crippen MR) is 50.7 cm³/mol. The van der Waals surface area contributed by atoms with Gasteiger partial charge in [0.25, 0.3) is 0 Å². The lowest BCUT2D eigenvalue weighted by atomic mass is 9.95. The highest BCUT2D eigenvalue weighted by Crippen LogP contribution is 2.21. The number of halogens is 1. The Hall–Kier alpha value is -0.960. The van der Waals surface area contributed by atoms with Crippen LogP contribution in [0, 0.1) is 18.8 Å². The molecule has 0 aromatic carbocycles. The molecule has 1 aromatic heterocycles. The summed E-state index contributed by atoms with van der Waals surface area (Å²) in [6.07, 6.45) is 1.52. The SMILES string of the molecule is Cc1cc(F)ncc1[C@H](N)C(C)C. The molecule has 72 valence electrons. The average molecular weight is 182 g/mol. The maximum Gasteiger partial charge on any atom is 0.213 e. The summed E-state index contributed by atoms with van der Waals surface area (Å²) in [5.74, 6) is -0.108. The zero-order valence-corrected chi connectivity index (χ0v) is 8.21. The number of nitrogens with zero attached hydrogens (tertiary/aromatic N) is 1. The molecule has 0 spiro atoms. The lowest BCUT2D eigenvalue weighted by Gasteiger charge is -2.17. The van der Waals surface area contributed by atoms with E-state index in [1.54, 1.807) is 0 Å². The highest BCUT2D eigenvalue weighted by Gasteiger charge is 2.13. The summed E-state index contributed by atoms with van der Waals surface area (Å²) in [5, 5.41) is 0. The van der Waals surface area contributed by atoms with Gasteiger partial charge in [0, 0.05) is 12.2 Å². The van der Waals surface area contributed by atoms with Gasteiger partial charge in [-0.1, -0.05) is 13.8 Å². The standard InChI is InChI=1S/C10H15FN2/c1-6(2)10(12)8-5-13-9(11)4-7(8)3/h4-6,10H,12H2,1-3H3/t10-/m1/s1. The number of pyridine rings is 1. The van der Waals surface area contributed by atoms with Crippen LogP contribution >= 0.6 is 0 Å². The van der Waals surface area contributed by atoms with Gasteiger partial charge in [0.05, 0.1) is 0 Å². The molecule has 0 fully saturated rings. The maximum atomic E-state index is 12.7. The zero-order chi connectivity index (χ0) is 10.0. The molecule has 1 aromatic rings. The fourth-order valence-electron chi connectivity index (χ4n) is 1.24. The normalized spacial score (nSPS) is 13.4. The Kier molecular flexibility index (Phi) is 2.98. The number of aromatic nitrogens is 1. The first-order chi connectivity index (χ1) is 6.02. The second-order valence-corrected chi connectivity index (χ2v) is 3.63. The molecule has 0 radical (unpaired) electrons. The Labute approximate surface area is 78.0 Å². The van der Waals surface area contributed by atoms with Gasteiger partial charge in [-0.05, 0) is 30.0 Å². The van der Waals surface area contributed by atoms with E-state index in [4.69, 9.17) is 5.73 Å². The van der Waals surface area contributed by atoms with Gasteiger partial charge in [0.2, 0.25) is 5.95 Å². The van der Waals surface area contributed by atoms with Crippen molar-refractivity contribution in [2.24, 2.45) is 11.7 Å². The molecule has 0 unspecified atom stereocenters. The minimum Gasteiger partial charge on any atom is -0.324 e. The van der Waals surface area contributed by atoms with Crippen molar-refractivity contribution in [3.8, 4) is 0 Å². The molecule has 0 aliphatic heterocycles. The van der Waals surface area contributed by atoms with E-state index in [9.17, 15) is 4.39 Å². The van der Waals surface area contributed by atoms with Gasteiger partial charge in [-0.2, -0.15) is 4.39 Å². The van der Waals surface area contributed by atoms with Crippen molar-refractivity contribution in [1.82, 2.24) is 4.98 Å². The van der Waals surface area contributed by atoms with E-state index >= 15 is 0 Å². The van der Waals surface area contributed by atoms with Crippen molar-refractivity contribution in [2.45, 2.75) is 26.8 Å². The Bertz CT molecular complexity index is 297. The fourth-order valence-corrected chi connectivity index (χ4v) is 1.24. The first kappa shape index (κ1) is 10.1. The number of nitrogens with two attached hydrogens (primary N) is 1. The number of hydrogen-bond donors (Lipinski definition) is 1.